The van der Waals surface area contributed by atoms with Gasteiger partial charge in [0.1, 0.15) is 0 Å². The molecule has 2 rings (SSSR count). The maximum Gasteiger partial charge on any atom is 0.224 e. The fourth-order valence-corrected chi connectivity index (χ4v) is 2.40. The lowest BCUT2D eigenvalue weighted by molar-refractivity contribution is 0.0783. The molecule has 60 valence electrons. The van der Waals surface area contributed by atoms with Gasteiger partial charge < -0.3 is 10.2 Å². The summed E-state index contributed by atoms with van der Waals surface area (Å²) in [5.74, 6) is 0. The quantitative estimate of drug-likeness (QED) is 0.517. The molecule has 0 unspecified atom stereocenters. The Morgan fingerprint density at radius 2 is 1.91 bits per heavy atom. The van der Waals surface area contributed by atoms with Gasteiger partial charge in [-0.3, -0.25) is 0 Å². The Labute approximate surface area is 67.8 Å². The zero-order valence-corrected chi connectivity index (χ0v) is 6.77. The molecule has 0 aromatic heterocycles. The van der Waals surface area contributed by atoms with Crippen LogP contribution in [0.4, 0.5) is 0 Å². The van der Waals surface area contributed by atoms with Crippen molar-refractivity contribution in [2.75, 3.05) is 13.1 Å². The largest absolute Gasteiger partial charge is 0.317 e. The highest BCUT2D eigenvalue weighted by Crippen LogP contribution is 2.49. The van der Waals surface area contributed by atoms with E-state index in [1.54, 1.807) is 0 Å². The van der Waals surface area contributed by atoms with Gasteiger partial charge in [-0.2, -0.15) is 0 Å². The summed E-state index contributed by atoms with van der Waals surface area (Å²) in [6.07, 6.45) is 4.97. The fourth-order valence-electron chi connectivity index (χ4n) is 2.40. The number of rotatable bonds is 0. The average molecular weight is 150 g/mol. The lowest BCUT2D eigenvalue weighted by Gasteiger charge is -2.44. The molecule has 1 saturated heterocycles. The standard InChI is InChI=1S/C9H14N2/c1-10-8-6-9(7-8)2-4-11-5-3-9/h8,11H,2-7H2. The van der Waals surface area contributed by atoms with Gasteiger partial charge in [0.25, 0.3) is 0 Å². The van der Waals surface area contributed by atoms with Gasteiger partial charge in [-0.15, -0.1) is 0 Å². The van der Waals surface area contributed by atoms with E-state index in [9.17, 15) is 0 Å². The van der Waals surface area contributed by atoms with Crippen molar-refractivity contribution in [3.8, 4) is 0 Å². The Balaban J connectivity index is 1.90. The lowest BCUT2D eigenvalue weighted by atomic mass is 9.61. The molecule has 2 aliphatic rings. The van der Waals surface area contributed by atoms with Gasteiger partial charge in [0.2, 0.25) is 6.04 Å². The first kappa shape index (κ1) is 7.12. The van der Waals surface area contributed by atoms with E-state index >= 15 is 0 Å². The van der Waals surface area contributed by atoms with Crippen LogP contribution in [0.15, 0.2) is 0 Å². The summed E-state index contributed by atoms with van der Waals surface area (Å²) >= 11 is 0. The van der Waals surface area contributed by atoms with Gasteiger partial charge in [-0.1, -0.05) is 0 Å². The van der Waals surface area contributed by atoms with Crippen molar-refractivity contribution < 1.29 is 0 Å². The van der Waals surface area contributed by atoms with Crippen molar-refractivity contribution in [3.05, 3.63) is 11.4 Å². The molecule has 0 aromatic rings. The molecule has 0 atom stereocenters. The van der Waals surface area contributed by atoms with Crippen LogP contribution >= 0.6 is 0 Å². The van der Waals surface area contributed by atoms with Gasteiger partial charge >= 0.3 is 0 Å². The number of nitrogens with one attached hydrogen (secondary N) is 1. The van der Waals surface area contributed by atoms with Gasteiger partial charge in [-0.25, -0.2) is 6.57 Å². The number of piperidine rings is 1. The molecular formula is C9H14N2. The summed E-state index contributed by atoms with van der Waals surface area (Å²) in [4.78, 5) is 3.57. The van der Waals surface area contributed by atoms with Gasteiger partial charge in [0, 0.05) is 12.8 Å². The maximum absolute atomic E-state index is 6.87. The highest BCUT2D eigenvalue weighted by Gasteiger charge is 2.48. The molecule has 1 heterocycles. The first-order valence-corrected chi connectivity index (χ1v) is 4.42. The minimum absolute atomic E-state index is 0.369. The van der Waals surface area contributed by atoms with Crippen molar-refractivity contribution in [1.29, 1.82) is 0 Å². The summed E-state index contributed by atoms with van der Waals surface area (Å²) in [5.41, 5.74) is 0.598. The topological polar surface area (TPSA) is 16.4 Å². The van der Waals surface area contributed by atoms with Crippen molar-refractivity contribution in [2.24, 2.45) is 5.41 Å². The van der Waals surface area contributed by atoms with E-state index < -0.39 is 0 Å². The molecule has 11 heavy (non-hydrogen) atoms. The van der Waals surface area contributed by atoms with E-state index in [4.69, 9.17) is 6.57 Å². The molecule has 2 heteroatoms. The monoisotopic (exact) mass is 150 g/mol. The Morgan fingerprint density at radius 3 is 2.45 bits per heavy atom. The van der Waals surface area contributed by atoms with Crippen molar-refractivity contribution >= 4 is 0 Å². The normalized spacial score (nSPS) is 29.4. The third-order valence-corrected chi connectivity index (χ3v) is 3.18. The maximum atomic E-state index is 6.87. The SMILES string of the molecule is [C-]#[N+]C1CC2(CCNCC2)C1. The molecule has 0 bridgehead atoms. The summed E-state index contributed by atoms with van der Waals surface area (Å²) in [7, 11) is 0. The van der Waals surface area contributed by atoms with E-state index in [-0.39, 0.29) is 0 Å². The van der Waals surface area contributed by atoms with Gasteiger partial charge in [0.05, 0.1) is 0 Å². The van der Waals surface area contributed by atoms with Gasteiger partial charge in [-0.05, 0) is 31.3 Å². The molecule has 1 aliphatic carbocycles. The van der Waals surface area contributed by atoms with Crippen LogP contribution in [0, 0.1) is 12.0 Å². The molecule has 2 nitrogen and oxygen atoms in total. The highest BCUT2D eigenvalue weighted by molar-refractivity contribution is 5.04. The van der Waals surface area contributed by atoms with Crippen LogP contribution < -0.4 is 5.32 Å². The van der Waals surface area contributed by atoms with Crippen LogP contribution in [-0.2, 0) is 0 Å². The smallest absolute Gasteiger partial charge is 0.224 e. The minimum Gasteiger partial charge on any atom is -0.317 e. The second-order valence-corrected chi connectivity index (χ2v) is 3.94. The molecule has 2 fully saturated rings. The number of nitrogens with zero attached hydrogens (tertiary/aromatic N) is 1. The zero-order chi connectivity index (χ0) is 7.73. The van der Waals surface area contributed by atoms with Crippen LogP contribution in [0.2, 0.25) is 0 Å². The Bertz CT molecular complexity index is 178. The van der Waals surface area contributed by atoms with E-state index in [0.717, 1.165) is 0 Å². The zero-order valence-electron chi connectivity index (χ0n) is 6.77. The lowest BCUT2D eigenvalue weighted by Crippen LogP contribution is -2.46. The summed E-state index contributed by atoms with van der Waals surface area (Å²) in [6, 6.07) is 0.369. The Hall–Kier alpha value is -0.550. The van der Waals surface area contributed by atoms with E-state index in [1.165, 1.54) is 38.8 Å². The minimum atomic E-state index is 0.369. The molecule has 0 radical (unpaired) electrons. The van der Waals surface area contributed by atoms with E-state index in [1.807, 2.05) is 0 Å². The van der Waals surface area contributed by atoms with Crippen molar-refractivity contribution in [2.45, 2.75) is 31.7 Å². The second-order valence-electron chi connectivity index (χ2n) is 3.94. The van der Waals surface area contributed by atoms with E-state index in [2.05, 4.69) is 10.2 Å². The Kier molecular flexibility index (Phi) is 1.61. The average Bonchev–Trinajstić information content (AvgIpc) is 2.01. The molecule has 1 spiro atoms. The Morgan fingerprint density at radius 1 is 1.27 bits per heavy atom. The van der Waals surface area contributed by atoms with Crippen LogP contribution in [0.25, 0.3) is 4.85 Å². The van der Waals surface area contributed by atoms with Crippen LogP contribution in [0.5, 0.6) is 0 Å². The number of hydrogen-bond donors (Lipinski definition) is 1. The molecule has 0 aromatic carbocycles. The van der Waals surface area contributed by atoms with Crippen LogP contribution in [0.1, 0.15) is 25.7 Å². The van der Waals surface area contributed by atoms with Crippen LogP contribution in [-0.4, -0.2) is 19.1 Å². The van der Waals surface area contributed by atoms with Crippen LogP contribution in [0.3, 0.4) is 0 Å². The second kappa shape index (κ2) is 2.49. The third-order valence-electron chi connectivity index (χ3n) is 3.18. The first-order chi connectivity index (χ1) is 5.35. The third kappa shape index (κ3) is 1.14. The van der Waals surface area contributed by atoms with E-state index in [0.29, 0.717) is 11.5 Å². The first-order valence-electron chi connectivity index (χ1n) is 4.42. The molecule has 1 N–H and O–H groups in total. The predicted molar refractivity (Wildman–Crippen MR) is 44.2 cm³/mol. The van der Waals surface area contributed by atoms with Gasteiger partial charge in [0.15, 0.2) is 0 Å². The summed E-state index contributed by atoms with van der Waals surface area (Å²) < 4.78 is 0. The molecule has 1 saturated carbocycles. The fraction of sp³-hybridized carbons (Fsp3) is 0.889. The van der Waals surface area contributed by atoms with Crippen molar-refractivity contribution in [1.82, 2.24) is 5.32 Å². The molecular weight excluding hydrogens is 136 g/mol. The summed E-state index contributed by atoms with van der Waals surface area (Å²) in [6.45, 7) is 9.21. The predicted octanol–water partition coefficient (Wildman–Crippen LogP) is 1.44. The summed E-state index contributed by atoms with van der Waals surface area (Å²) in [5, 5.41) is 3.36. The highest BCUT2D eigenvalue weighted by atomic mass is 14.9. The van der Waals surface area contributed by atoms with Crippen molar-refractivity contribution in [3.63, 3.8) is 0 Å². The number of hydrogen-bond acceptors (Lipinski definition) is 1. The molecule has 1 aliphatic heterocycles. The molecule has 0 amide bonds.